The van der Waals surface area contributed by atoms with E-state index in [9.17, 15) is 4.79 Å². The third-order valence-corrected chi connectivity index (χ3v) is 4.01. The smallest absolute Gasteiger partial charge is 0.251 e. The third-order valence-electron chi connectivity index (χ3n) is 4.01. The van der Waals surface area contributed by atoms with Crippen molar-refractivity contribution >= 4 is 11.6 Å². The first-order chi connectivity index (χ1) is 9.58. The Balaban J connectivity index is 2.02. The average molecular weight is 274 g/mol. The Morgan fingerprint density at radius 1 is 1.20 bits per heavy atom. The Bertz CT molecular complexity index is 448. The van der Waals surface area contributed by atoms with E-state index >= 15 is 0 Å². The fourth-order valence-corrected chi connectivity index (χ4v) is 3.31. The molecule has 2 rings (SSSR count). The lowest BCUT2D eigenvalue weighted by molar-refractivity contribution is 0.0956. The summed E-state index contributed by atoms with van der Waals surface area (Å²) in [6.45, 7) is 7.25. The average Bonchev–Trinajstić information content (AvgIpc) is 2.38. The highest BCUT2D eigenvalue weighted by Gasteiger charge is 2.23. The second kappa shape index (κ2) is 6.78. The topological polar surface area (TPSA) is 41.1 Å². The van der Waals surface area contributed by atoms with Crippen LogP contribution in [0.25, 0.3) is 0 Å². The molecule has 3 nitrogen and oxygen atoms in total. The van der Waals surface area contributed by atoms with E-state index in [1.165, 1.54) is 19.3 Å². The summed E-state index contributed by atoms with van der Waals surface area (Å²) in [5.74, 6) is 1.56. The van der Waals surface area contributed by atoms with E-state index in [-0.39, 0.29) is 5.91 Å². The van der Waals surface area contributed by atoms with Crippen LogP contribution < -0.4 is 10.6 Å². The lowest BCUT2D eigenvalue weighted by atomic mass is 9.80. The molecule has 0 spiro atoms. The first kappa shape index (κ1) is 14.9. The molecule has 1 amide bonds. The molecule has 0 saturated heterocycles. The van der Waals surface area contributed by atoms with Gasteiger partial charge in [-0.3, -0.25) is 4.79 Å². The Morgan fingerprint density at radius 2 is 1.90 bits per heavy atom. The van der Waals surface area contributed by atoms with Crippen molar-refractivity contribution < 1.29 is 4.79 Å². The molecule has 0 bridgehead atoms. The van der Waals surface area contributed by atoms with Crippen molar-refractivity contribution in [1.82, 2.24) is 5.32 Å². The summed E-state index contributed by atoms with van der Waals surface area (Å²) >= 11 is 0. The number of anilines is 1. The van der Waals surface area contributed by atoms with Gasteiger partial charge in [-0.1, -0.05) is 19.9 Å². The maximum Gasteiger partial charge on any atom is 0.251 e. The zero-order valence-corrected chi connectivity index (χ0v) is 12.8. The molecule has 1 fully saturated rings. The molecule has 2 N–H and O–H groups in total. The largest absolute Gasteiger partial charge is 0.382 e. The molecule has 20 heavy (non-hydrogen) atoms. The number of amides is 1. The number of carbonyl (C=O) groups excluding carboxylic acids is 1. The monoisotopic (exact) mass is 274 g/mol. The van der Waals surface area contributed by atoms with Crippen LogP contribution >= 0.6 is 0 Å². The zero-order valence-electron chi connectivity index (χ0n) is 12.8. The molecule has 1 aliphatic rings. The second-order valence-electron chi connectivity index (χ2n) is 6.20. The predicted octanol–water partition coefficient (Wildman–Crippen LogP) is 3.67. The fourth-order valence-electron chi connectivity index (χ4n) is 3.31. The van der Waals surface area contributed by atoms with E-state index in [0.29, 0.717) is 12.6 Å². The van der Waals surface area contributed by atoms with Crippen LogP contribution in [0.1, 0.15) is 50.4 Å². The number of hydrogen-bond acceptors (Lipinski definition) is 2. The standard InChI is InChI=1S/C17H26N2O/c1-4-18-17(20)14-6-5-7-15(11-14)19-16-9-12(2)8-13(3)10-16/h5-7,11-13,16,19H,4,8-10H2,1-3H3,(H,18,20). The predicted molar refractivity (Wildman–Crippen MR) is 84.0 cm³/mol. The Kier molecular flexibility index (Phi) is 5.05. The summed E-state index contributed by atoms with van der Waals surface area (Å²) in [7, 11) is 0. The van der Waals surface area contributed by atoms with Crippen LogP contribution in [0.5, 0.6) is 0 Å². The van der Waals surface area contributed by atoms with Gasteiger partial charge in [0.1, 0.15) is 0 Å². The second-order valence-corrected chi connectivity index (χ2v) is 6.20. The van der Waals surface area contributed by atoms with Gasteiger partial charge >= 0.3 is 0 Å². The van der Waals surface area contributed by atoms with Crippen molar-refractivity contribution in [2.24, 2.45) is 11.8 Å². The molecular weight excluding hydrogens is 248 g/mol. The molecule has 2 atom stereocenters. The van der Waals surface area contributed by atoms with Crippen molar-refractivity contribution in [3.63, 3.8) is 0 Å². The third kappa shape index (κ3) is 3.99. The number of hydrogen-bond donors (Lipinski definition) is 2. The summed E-state index contributed by atoms with van der Waals surface area (Å²) in [5, 5.41) is 6.44. The molecule has 0 aliphatic heterocycles. The first-order valence-electron chi connectivity index (χ1n) is 7.73. The van der Waals surface area contributed by atoms with Gasteiger partial charge in [-0.05, 0) is 56.2 Å². The van der Waals surface area contributed by atoms with Gasteiger partial charge < -0.3 is 10.6 Å². The Morgan fingerprint density at radius 3 is 2.55 bits per heavy atom. The van der Waals surface area contributed by atoms with Gasteiger partial charge in [0.2, 0.25) is 0 Å². The maximum absolute atomic E-state index is 11.9. The van der Waals surface area contributed by atoms with Crippen LogP contribution in [0.3, 0.4) is 0 Å². The summed E-state index contributed by atoms with van der Waals surface area (Å²) in [5.41, 5.74) is 1.79. The van der Waals surface area contributed by atoms with Crippen molar-refractivity contribution in [2.45, 2.75) is 46.1 Å². The van der Waals surface area contributed by atoms with E-state index in [1.54, 1.807) is 0 Å². The number of rotatable bonds is 4. The van der Waals surface area contributed by atoms with Crippen LogP contribution in [0.15, 0.2) is 24.3 Å². The van der Waals surface area contributed by atoms with Crippen LogP contribution in [0, 0.1) is 11.8 Å². The first-order valence-corrected chi connectivity index (χ1v) is 7.73. The maximum atomic E-state index is 11.9. The van der Waals surface area contributed by atoms with Crippen LogP contribution in [0.2, 0.25) is 0 Å². The minimum Gasteiger partial charge on any atom is -0.382 e. The highest BCUT2D eigenvalue weighted by Crippen LogP contribution is 2.30. The van der Waals surface area contributed by atoms with Crippen molar-refractivity contribution in [3.05, 3.63) is 29.8 Å². The van der Waals surface area contributed by atoms with Crippen LogP contribution in [0.4, 0.5) is 5.69 Å². The van der Waals surface area contributed by atoms with Crippen LogP contribution in [-0.4, -0.2) is 18.5 Å². The van der Waals surface area contributed by atoms with E-state index in [0.717, 1.165) is 23.1 Å². The van der Waals surface area contributed by atoms with Crippen molar-refractivity contribution in [3.8, 4) is 0 Å². The summed E-state index contributed by atoms with van der Waals surface area (Å²) < 4.78 is 0. The van der Waals surface area contributed by atoms with Gasteiger partial charge in [0.05, 0.1) is 0 Å². The number of benzene rings is 1. The van der Waals surface area contributed by atoms with Gasteiger partial charge in [-0.25, -0.2) is 0 Å². The normalized spacial score (nSPS) is 26.1. The molecule has 3 heteroatoms. The Hall–Kier alpha value is -1.51. The van der Waals surface area contributed by atoms with Gasteiger partial charge in [0, 0.05) is 23.8 Å². The van der Waals surface area contributed by atoms with Gasteiger partial charge in [-0.2, -0.15) is 0 Å². The highest BCUT2D eigenvalue weighted by molar-refractivity contribution is 5.95. The molecule has 2 unspecified atom stereocenters. The molecule has 1 aliphatic carbocycles. The van der Waals surface area contributed by atoms with Gasteiger partial charge in [0.25, 0.3) is 5.91 Å². The molecule has 110 valence electrons. The molecule has 0 aromatic heterocycles. The molecule has 1 aromatic rings. The lowest BCUT2D eigenvalue weighted by Crippen LogP contribution is -2.30. The summed E-state index contributed by atoms with van der Waals surface area (Å²) in [6.07, 6.45) is 3.77. The summed E-state index contributed by atoms with van der Waals surface area (Å²) in [6, 6.07) is 8.34. The van der Waals surface area contributed by atoms with E-state index in [1.807, 2.05) is 31.2 Å². The number of nitrogens with one attached hydrogen (secondary N) is 2. The quantitative estimate of drug-likeness (QED) is 0.879. The van der Waals surface area contributed by atoms with Crippen molar-refractivity contribution in [1.29, 1.82) is 0 Å². The summed E-state index contributed by atoms with van der Waals surface area (Å²) in [4.78, 5) is 11.9. The van der Waals surface area contributed by atoms with Gasteiger partial charge in [0.15, 0.2) is 0 Å². The minimum atomic E-state index is 0.00142. The molecule has 0 radical (unpaired) electrons. The van der Waals surface area contributed by atoms with E-state index < -0.39 is 0 Å². The molecule has 0 heterocycles. The van der Waals surface area contributed by atoms with Crippen molar-refractivity contribution in [2.75, 3.05) is 11.9 Å². The lowest BCUT2D eigenvalue weighted by Gasteiger charge is -2.32. The fraction of sp³-hybridized carbons (Fsp3) is 0.588. The molecule has 1 saturated carbocycles. The van der Waals surface area contributed by atoms with E-state index in [2.05, 4.69) is 24.5 Å². The molecule has 1 aromatic carbocycles. The van der Waals surface area contributed by atoms with Gasteiger partial charge in [-0.15, -0.1) is 0 Å². The Labute approximate surface area is 122 Å². The SMILES string of the molecule is CCNC(=O)c1cccc(NC2CC(C)CC(C)C2)c1. The molecular formula is C17H26N2O. The number of carbonyl (C=O) groups is 1. The minimum absolute atomic E-state index is 0.00142. The van der Waals surface area contributed by atoms with Crippen LogP contribution in [-0.2, 0) is 0 Å². The highest BCUT2D eigenvalue weighted by atomic mass is 16.1. The van der Waals surface area contributed by atoms with E-state index in [4.69, 9.17) is 0 Å². The zero-order chi connectivity index (χ0) is 14.5.